The van der Waals surface area contributed by atoms with Crippen LogP contribution >= 0.6 is 11.8 Å². The van der Waals surface area contributed by atoms with Crippen LogP contribution < -0.4 is 5.32 Å². The van der Waals surface area contributed by atoms with Gasteiger partial charge >= 0.3 is 0 Å². The lowest BCUT2D eigenvalue weighted by Gasteiger charge is -2.45. The first kappa shape index (κ1) is 16.6. The normalized spacial score (nSPS) is 28.5. The molecule has 118 valence electrons. The molecule has 2 rings (SSSR count). The SMILES string of the molecule is CC1CSCCN1CC1(CNC(C)(C)C)CCOCC1. The van der Waals surface area contributed by atoms with Crippen LogP contribution in [0.3, 0.4) is 0 Å². The summed E-state index contributed by atoms with van der Waals surface area (Å²) in [4.78, 5) is 2.71. The van der Waals surface area contributed by atoms with Crippen LogP contribution in [0.25, 0.3) is 0 Å². The van der Waals surface area contributed by atoms with E-state index < -0.39 is 0 Å². The zero-order valence-corrected chi connectivity index (χ0v) is 14.5. The molecule has 2 saturated heterocycles. The molecule has 1 unspecified atom stereocenters. The van der Waals surface area contributed by atoms with Crippen molar-refractivity contribution in [3.63, 3.8) is 0 Å². The monoisotopic (exact) mass is 300 g/mol. The summed E-state index contributed by atoms with van der Waals surface area (Å²) in [5.74, 6) is 2.59. The zero-order chi connectivity index (χ0) is 14.6. The molecule has 2 aliphatic heterocycles. The van der Waals surface area contributed by atoms with E-state index in [9.17, 15) is 0 Å². The van der Waals surface area contributed by atoms with Crippen LogP contribution in [-0.2, 0) is 4.74 Å². The predicted octanol–water partition coefficient (Wildman–Crippen LogP) is 2.61. The van der Waals surface area contributed by atoms with E-state index in [1.54, 1.807) is 0 Å². The Balaban J connectivity index is 1.98. The Morgan fingerprint density at radius 1 is 1.30 bits per heavy atom. The lowest BCUT2D eigenvalue weighted by molar-refractivity contribution is -0.0112. The minimum atomic E-state index is 0.203. The minimum Gasteiger partial charge on any atom is -0.381 e. The summed E-state index contributed by atoms with van der Waals surface area (Å²) in [5.41, 5.74) is 0.608. The molecule has 1 atom stereocenters. The van der Waals surface area contributed by atoms with Gasteiger partial charge in [0.2, 0.25) is 0 Å². The van der Waals surface area contributed by atoms with Gasteiger partial charge < -0.3 is 10.1 Å². The van der Waals surface area contributed by atoms with Gasteiger partial charge in [0, 0.05) is 55.9 Å². The fourth-order valence-corrected chi connectivity index (χ4v) is 4.16. The quantitative estimate of drug-likeness (QED) is 0.862. The van der Waals surface area contributed by atoms with Crippen molar-refractivity contribution >= 4 is 11.8 Å². The highest BCUT2D eigenvalue weighted by atomic mass is 32.2. The lowest BCUT2D eigenvalue weighted by Crippen LogP contribution is -2.54. The molecule has 0 aliphatic carbocycles. The van der Waals surface area contributed by atoms with Crippen LogP contribution in [0.2, 0.25) is 0 Å². The van der Waals surface area contributed by atoms with Gasteiger partial charge in [-0.3, -0.25) is 4.90 Å². The highest BCUT2D eigenvalue weighted by Crippen LogP contribution is 2.33. The highest BCUT2D eigenvalue weighted by Gasteiger charge is 2.36. The van der Waals surface area contributed by atoms with Crippen molar-refractivity contribution in [2.24, 2.45) is 5.41 Å². The topological polar surface area (TPSA) is 24.5 Å². The van der Waals surface area contributed by atoms with Crippen LogP contribution in [0, 0.1) is 5.41 Å². The molecule has 3 nitrogen and oxygen atoms in total. The molecular weight excluding hydrogens is 268 g/mol. The average molecular weight is 301 g/mol. The van der Waals surface area contributed by atoms with Crippen molar-refractivity contribution in [1.29, 1.82) is 0 Å². The molecule has 4 heteroatoms. The fourth-order valence-electron chi connectivity index (χ4n) is 3.08. The van der Waals surface area contributed by atoms with Crippen molar-refractivity contribution in [3.05, 3.63) is 0 Å². The maximum atomic E-state index is 5.62. The molecule has 1 N–H and O–H groups in total. The number of nitrogens with zero attached hydrogens (tertiary/aromatic N) is 1. The van der Waals surface area contributed by atoms with E-state index >= 15 is 0 Å². The van der Waals surface area contributed by atoms with Gasteiger partial charge in [-0.05, 0) is 46.0 Å². The molecule has 0 bridgehead atoms. The minimum absolute atomic E-state index is 0.203. The van der Waals surface area contributed by atoms with Crippen molar-refractivity contribution in [2.75, 3.05) is 44.4 Å². The Labute approximate surface area is 129 Å². The van der Waals surface area contributed by atoms with Crippen LogP contribution in [0.1, 0.15) is 40.5 Å². The van der Waals surface area contributed by atoms with E-state index in [1.165, 1.54) is 37.4 Å². The lowest BCUT2D eigenvalue weighted by atomic mass is 9.78. The summed E-state index contributed by atoms with van der Waals surface area (Å²) in [7, 11) is 0. The zero-order valence-electron chi connectivity index (χ0n) is 13.7. The number of thioether (sulfide) groups is 1. The van der Waals surface area contributed by atoms with Crippen LogP contribution in [0.15, 0.2) is 0 Å². The van der Waals surface area contributed by atoms with Crippen LogP contribution in [-0.4, -0.2) is 60.8 Å². The first-order chi connectivity index (χ1) is 9.40. The van der Waals surface area contributed by atoms with Gasteiger partial charge in [-0.2, -0.15) is 11.8 Å². The van der Waals surface area contributed by atoms with Gasteiger partial charge in [-0.15, -0.1) is 0 Å². The molecule has 0 amide bonds. The van der Waals surface area contributed by atoms with Gasteiger partial charge in [0.25, 0.3) is 0 Å². The Morgan fingerprint density at radius 2 is 2.00 bits per heavy atom. The molecule has 0 aromatic carbocycles. The number of hydrogen-bond acceptors (Lipinski definition) is 4. The van der Waals surface area contributed by atoms with Crippen molar-refractivity contribution in [3.8, 4) is 0 Å². The van der Waals surface area contributed by atoms with E-state index in [0.717, 1.165) is 25.8 Å². The molecule has 20 heavy (non-hydrogen) atoms. The van der Waals surface area contributed by atoms with Crippen molar-refractivity contribution < 1.29 is 4.74 Å². The molecule has 0 radical (unpaired) electrons. The second-order valence-electron chi connectivity index (χ2n) is 7.61. The molecule has 0 spiro atoms. The molecule has 2 aliphatic rings. The van der Waals surface area contributed by atoms with E-state index in [2.05, 4.69) is 49.7 Å². The Kier molecular flexibility index (Phi) is 5.80. The van der Waals surface area contributed by atoms with Gasteiger partial charge in [-0.1, -0.05) is 0 Å². The van der Waals surface area contributed by atoms with E-state index in [1.807, 2.05) is 0 Å². The highest BCUT2D eigenvalue weighted by molar-refractivity contribution is 7.99. The van der Waals surface area contributed by atoms with E-state index in [-0.39, 0.29) is 5.54 Å². The predicted molar refractivity (Wildman–Crippen MR) is 88.6 cm³/mol. The summed E-state index contributed by atoms with van der Waals surface area (Å²) in [6.07, 6.45) is 2.40. The van der Waals surface area contributed by atoms with E-state index in [4.69, 9.17) is 4.74 Å². The summed E-state index contributed by atoms with van der Waals surface area (Å²) in [5, 5.41) is 3.75. The number of hydrogen-bond donors (Lipinski definition) is 1. The second-order valence-corrected chi connectivity index (χ2v) is 8.76. The van der Waals surface area contributed by atoms with E-state index in [0.29, 0.717) is 5.41 Å². The molecule has 2 fully saturated rings. The third kappa shape index (κ3) is 4.90. The number of rotatable bonds is 4. The molecule has 0 aromatic rings. The molecule has 2 heterocycles. The Bertz CT molecular complexity index is 297. The Morgan fingerprint density at radius 3 is 2.60 bits per heavy atom. The summed E-state index contributed by atoms with van der Waals surface area (Å²) < 4.78 is 5.62. The smallest absolute Gasteiger partial charge is 0.0472 e. The maximum absolute atomic E-state index is 5.62. The fraction of sp³-hybridized carbons (Fsp3) is 1.00. The number of ether oxygens (including phenoxy) is 1. The van der Waals surface area contributed by atoms with Gasteiger partial charge in [-0.25, -0.2) is 0 Å². The van der Waals surface area contributed by atoms with Gasteiger partial charge in [0.1, 0.15) is 0 Å². The summed E-state index contributed by atoms with van der Waals surface area (Å²) >= 11 is 2.10. The maximum Gasteiger partial charge on any atom is 0.0472 e. The third-order valence-electron chi connectivity index (χ3n) is 4.59. The molecule has 0 saturated carbocycles. The first-order valence-corrected chi connectivity index (χ1v) is 9.20. The van der Waals surface area contributed by atoms with Crippen molar-refractivity contribution in [1.82, 2.24) is 10.2 Å². The van der Waals surface area contributed by atoms with Crippen LogP contribution in [0.5, 0.6) is 0 Å². The number of nitrogens with one attached hydrogen (secondary N) is 1. The summed E-state index contributed by atoms with van der Waals surface area (Å²) in [6.45, 7) is 14.7. The standard InChI is InChI=1S/C16H32N2OS/c1-14-11-20-10-7-18(14)13-16(5-8-19-9-6-16)12-17-15(2,3)4/h14,17H,5-13H2,1-4H3. The Hall–Kier alpha value is 0.230. The van der Waals surface area contributed by atoms with Gasteiger partial charge in [0.15, 0.2) is 0 Å². The van der Waals surface area contributed by atoms with Crippen LogP contribution in [0.4, 0.5) is 0 Å². The van der Waals surface area contributed by atoms with Crippen molar-refractivity contribution in [2.45, 2.75) is 52.1 Å². The first-order valence-electron chi connectivity index (χ1n) is 8.05. The second kappa shape index (κ2) is 6.99. The molecular formula is C16H32N2OS. The average Bonchev–Trinajstić information content (AvgIpc) is 2.40. The summed E-state index contributed by atoms with van der Waals surface area (Å²) in [6, 6.07) is 0.725. The third-order valence-corrected chi connectivity index (χ3v) is 5.78. The van der Waals surface area contributed by atoms with Gasteiger partial charge in [0.05, 0.1) is 0 Å². The molecule has 0 aromatic heterocycles. The largest absolute Gasteiger partial charge is 0.381 e.